The van der Waals surface area contributed by atoms with Gasteiger partial charge in [0.25, 0.3) is 10.0 Å². The number of carbonyl (C=O) groups is 2. The van der Waals surface area contributed by atoms with E-state index < -0.39 is 28.5 Å². The van der Waals surface area contributed by atoms with Crippen molar-refractivity contribution in [2.24, 2.45) is 5.92 Å². The summed E-state index contributed by atoms with van der Waals surface area (Å²) in [5.74, 6) is 0.257. The van der Waals surface area contributed by atoms with E-state index in [4.69, 9.17) is 21.1 Å². The van der Waals surface area contributed by atoms with Crippen molar-refractivity contribution in [2.45, 2.75) is 44.7 Å². The minimum absolute atomic E-state index is 0.0265. The zero-order chi connectivity index (χ0) is 30.3. The number of halogens is 1. The van der Waals surface area contributed by atoms with E-state index in [1.807, 2.05) is 20.8 Å². The molecule has 9 nitrogen and oxygen atoms in total. The van der Waals surface area contributed by atoms with Crippen LogP contribution < -0.4 is 19.1 Å². The second-order valence-corrected chi connectivity index (χ2v) is 12.7. The number of hydrogen-bond acceptors (Lipinski definition) is 6. The number of sulfonamides is 1. The first kappa shape index (κ1) is 31.2. The Hall–Kier alpha value is -3.76. The summed E-state index contributed by atoms with van der Waals surface area (Å²) in [4.78, 5) is 28.9. The van der Waals surface area contributed by atoms with Crippen LogP contribution in [0, 0.1) is 5.92 Å². The molecule has 3 aromatic carbocycles. The van der Waals surface area contributed by atoms with Gasteiger partial charge in [-0.1, -0.05) is 62.7 Å². The zero-order valence-electron chi connectivity index (χ0n) is 24.0. The molecule has 0 fully saturated rings. The van der Waals surface area contributed by atoms with Crippen LogP contribution in [0.5, 0.6) is 11.5 Å². The van der Waals surface area contributed by atoms with Crippen molar-refractivity contribution in [2.75, 3.05) is 30.6 Å². The molecule has 224 valence electrons. The topological polar surface area (TPSA) is 105 Å². The molecule has 42 heavy (non-hydrogen) atoms. The van der Waals surface area contributed by atoms with Crippen molar-refractivity contribution in [3.63, 3.8) is 0 Å². The summed E-state index contributed by atoms with van der Waals surface area (Å²) in [7, 11) is -4.19. The second-order valence-electron chi connectivity index (χ2n) is 10.4. The summed E-state index contributed by atoms with van der Waals surface area (Å²) in [6.45, 7) is 6.48. The van der Waals surface area contributed by atoms with Crippen molar-refractivity contribution in [1.29, 1.82) is 0 Å². The van der Waals surface area contributed by atoms with Crippen LogP contribution in [0.15, 0.2) is 77.7 Å². The largest absolute Gasteiger partial charge is 0.486 e. The Kier molecular flexibility index (Phi) is 10.3. The first-order valence-corrected chi connectivity index (χ1v) is 15.7. The quantitative estimate of drug-likeness (QED) is 0.312. The molecule has 0 radical (unpaired) electrons. The minimum atomic E-state index is -4.19. The van der Waals surface area contributed by atoms with E-state index in [0.29, 0.717) is 42.7 Å². The van der Waals surface area contributed by atoms with Crippen LogP contribution in [0.3, 0.4) is 0 Å². The third-order valence-corrected chi connectivity index (χ3v) is 8.80. The van der Waals surface area contributed by atoms with Crippen molar-refractivity contribution in [3.8, 4) is 11.5 Å². The maximum absolute atomic E-state index is 14.2. The van der Waals surface area contributed by atoms with Gasteiger partial charge in [-0.05, 0) is 54.3 Å². The molecule has 2 amide bonds. The lowest BCUT2D eigenvalue weighted by molar-refractivity contribution is -0.140. The SMILES string of the molecule is CC[C@H](C(=O)NCC(C)C)N(Cc1ccc(Cl)cc1)C(=O)CN(c1ccc2c(c1)OCCO2)S(=O)(=O)c1ccccc1. The first-order chi connectivity index (χ1) is 20.1. The van der Waals surface area contributed by atoms with Crippen LogP contribution in [0.4, 0.5) is 5.69 Å². The molecule has 0 spiro atoms. The average molecular weight is 614 g/mol. The van der Waals surface area contributed by atoms with Crippen molar-refractivity contribution < 1.29 is 27.5 Å². The van der Waals surface area contributed by atoms with E-state index in [9.17, 15) is 18.0 Å². The van der Waals surface area contributed by atoms with Crippen LogP contribution in [0.2, 0.25) is 5.02 Å². The molecule has 4 rings (SSSR count). The molecule has 0 unspecified atom stereocenters. The standard InChI is InChI=1S/C31H36ClN3O6S/c1-4-27(31(37)33-19-22(2)3)34(20-23-10-12-24(32)13-11-23)30(36)21-35(42(38,39)26-8-6-5-7-9-26)25-14-15-28-29(18-25)41-17-16-40-28/h5-15,18,22,27H,4,16-17,19-21H2,1-3H3,(H,33,37)/t27-/m1/s1. The number of carbonyl (C=O) groups excluding carboxylic acids is 2. The summed E-state index contributed by atoms with van der Waals surface area (Å²) in [6, 6.07) is 18.8. The fourth-order valence-electron chi connectivity index (χ4n) is 4.56. The lowest BCUT2D eigenvalue weighted by atomic mass is 10.1. The number of fused-ring (bicyclic) bond motifs is 1. The number of amides is 2. The van der Waals surface area contributed by atoms with Crippen LogP contribution in [0.25, 0.3) is 0 Å². The number of anilines is 1. The van der Waals surface area contributed by atoms with Gasteiger partial charge in [0.05, 0.1) is 10.6 Å². The van der Waals surface area contributed by atoms with Gasteiger partial charge in [-0.3, -0.25) is 13.9 Å². The Labute approximate surface area is 252 Å². The van der Waals surface area contributed by atoms with E-state index >= 15 is 0 Å². The average Bonchev–Trinajstić information content (AvgIpc) is 2.99. The first-order valence-electron chi connectivity index (χ1n) is 13.9. The summed E-state index contributed by atoms with van der Waals surface area (Å²) in [5.41, 5.74) is 0.986. The molecule has 1 aliphatic rings. The molecule has 11 heteroatoms. The molecule has 3 aromatic rings. The fraction of sp³-hybridized carbons (Fsp3) is 0.355. The van der Waals surface area contributed by atoms with Crippen molar-refractivity contribution >= 4 is 39.1 Å². The summed E-state index contributed by atoms with van der Waals surface area (Å²) in [6.07, 6.45) is 0.332. The summed E-state index contributed by atoms with van der Waals surface area (Å²) < 4.78 is 40.4. The van der Waals surface area contributed by atoms with E-state index in [1.54, 1.807) is 60.7 Å². The molecule has 1 atom stereocenters. The van der Waals surface area contributed by atoms with E-state index in [-0.39, 0.29) is 29.0 Å². The Morgan fingerprint density at radius 1 is 0.952 bits per heavy atom. The predicted octanol–water partition coefficient (Wildman–Crippen LogP) is 4.89. The van der Waals surface area contributed by atoms with Crippen LogP contribution >= 0.6 is 11.6 Å². The fourth-order valence-corrected chi connectivity index (χ4v) is 6.12. The summed E-state index contributed by atoms with van der Waals surface area (Å²) in [5, 5.41) is 3.46. The highest BCUT2D eigenvalue weighted by Crippen LogP contribution is 2.36. The van der Waals surface area contributed by atoms with Crippen LogP contribution in [-0.2, 0) is 26.2 Å². The molecule has 1 aliphatic heterocycles. The lowest BCUT2D eigenvalue weighted by Crippen LogP contribution is -2.52. The Balaban J connectivity index is 1.73. The number of benzene rings is 3. The van der Waals surface area contributed by atoms with Gasteiger partial charge in [-0.2, -0.15) is 0 Å². The lowest BCUT2D eigenvalue weighted by Gasteiger charge is -2.33. The molecule has 1 heterocycles. The zero-order valence-corrected chi connectivity index (χ0v) is 25.5. The second kappa shape index (κ2) is 13.9. The van der Waals surface area contributed by atoms with Crippen LogP contribution in [-0.4, -0.2) is 57.5 Å². The number of nitrogens with zero attached hydrogens (tertiary/aromatic N) is 2. The van der Waals surface area contributed by atoms with Gasteiger partial charge >= 0.3 is 0 Å². The highest BCUT2D eigenvalue weighted by atomic mass is 35.5. The van der Waals surface area contributed by atoms with Crippen molar-refractivity contribution in [3.05, 3.63) is 83.4 Å². The minimum Gasteiger partial charge on any atom is -0.486 e. The molecule has 0 aliphatic carbocycles. The van der Waals surface area contributed by atoms with Crippen molar-refractivity contribution in [1.82, 2.24) is 10.2 Å². The molecule has 0 bridgehead atoms. The normalized spacial score (nSPS) is 13.4. The van der Waals surface area contributed by atoms with E-state index in [0.717, 1.165) is 9.87 Å². The Bertz CT molecular complexity index is 1480. The Morgan fingerprint density at radius 3 is 2.26 bits per heavy atom. The van der Waals surface area contributed by atoms with Gasteiger partial charge < -0.3 is 19.7 Å². The van der Waals surface area contributed by atoms with E-state index in [1.165, 1.54) is 17.0 Å². The highest BCUT2D eigenvalue weighted by Gasteiger charge is 2.34. The molecular formula is C31H36ClN3O6S. The van der Waals surface area contributed by atoms with Gasteiger partial charge in [0, 0.05) is 24.2 Å². The molecule has 0 saturated heterocycles. The Morgan fingerprint density at radius 2 is 1.62 bits per heavy atom. The third-order valence-electron chi connectivity index (χ3n) is 6.76. The third kappa shape index (κ3) is 7.54. The smallest absolute Gasteiger partial charge is 0.264 e. The van der Waals surface area contributed by atoms with Gasteiger partial charge in [0.2, 0.25) is 11.8 Å². The number of hydrogen-bond donors (Lipinski definition) is 1. The maximum Gasteiger partial charge on any atom is 0.264 e. The number of rotatable bonds is 12. The van der Waals surface area contributed by atoms with E-state index in [2.05, 4.69) is 5.32 Å². The maximum atomic E-state index is 14.2. The van der Waals surface area contributed by atoms with Gasteiger partial charge in [-0.25, -0.2) is 8.42 Å². The van der Waals surface area contributed by atoms with Gasteiger partial charge in [0.1, 0.15) is 25.8 Å². The number of ether oxygens (including phenoxy) is 2. The highest BCUT2D eigenvalue weighted by molar-refractivity contribution is 7.92. The molecule has 0 saturated carbocycles. The molecular weight excluding hydrogens is 578 g/mol. The number of nitrogens with one attached hydrogen (secondary N) is 1. The molecule has 0 aromatic heterocycles. The summed E-state index contributed by atoms with van der Waals surface area (Å²) >= 11 is 6.08. The monoisotopic (exact) mass is 613 g/mol. The van der Waals surface area contributed by atoms with Crippen LogP contribution in [0.1, 0.15) is 32.8 Å². The van der Waals surface area contributed by atoms with Gasteiger partial charge in [0.15, 0.2) is 11.5 Å². The van der Waals surface area contributed by atoms with Gasteiger partial charge in [-0.15, -0.1) is 0 Å². The predicted molar refractivity (Wildman–Crippen MR) is 162 cm³/mol. The molecule has 1 N–H and O–H groups in total.